The van der Waals surface area contributed by atoms with Crippen molar-refractivity contribution in [3.63, 3.8) is 0 Å². The van der Waals surface area contributed by atoms with E-state index in [0.29, 0.717) is 0 Å². The van der Waals surface area contributed by atoms with Crippen LogP contribution in [0.25, 0.3) is 0 Å². The molecule has 12 heavy (non-hydrogen) atoms. The maximum absolute atomic E-state index is 11.2. The Morgan fingerprint density at radius 3 is 1.75 bits per heavy atom. The summed E-state index contributed by atoms with van der Waals surface area (Å²) in [4.78, 5) is 18.4. The molecule has 74 valence electrons. The molecule has 0 spiro atoms. The third-order valence-corrected chi connectivity index (χ3v) is 34.5. The van der Waals surface area contributed by atoms with E-state index in [2.05, 4.69) is 6.89 Å². The van der Waals surface area contributed by atoms with Gasteiger partial charge in [-0.2, -0.15) is 0 Å². The Bertz CT molecular complexity index is 174. The van der Waals surface area contributed by atoms with Gasteiger partial charge in [0.05, 0.1) is 0 Å². The van der Waals surface area contributed by atoms with Gasteiger partial charge in [0.1, 0.15) is 0 Å². The molecule has 0 aliphatic heterocycles. The summed E-state index contributed by atoms with van der Waals surface area (Å²) in [6.07, 6.45) is 1.79. The average Bonchev–Trinajstić information content (AvgIpc) is 1.86. The van der Waals surface area contributed by atoms with Gasteiger partial charge in [0, 0.05) is 0 Å². The van der Waals surface area contributed by atoms with Gasteiger partial charge in [0.2, 0.25) is 0 Å². The van der Waals surface area contributed by atoms with Crippen molar-refractivity contribution in [3.05, 3.63) is 0 Å². The van der Waals surface area contributed by atoms with Crippen molar-refractivity contribution in [1.82, 2.24) is 0 Å². The SMILES string of the molecule is CC[CH2][Sn]([PH2])([CH2]CC)[P](=O)(O)O. The van der Waals surface area contributed by atoms with Crippen LogP contribution in [-0.4, -0.2) is 27.1 Å². The Morgan fingerprint density at radius 2 is 1.58 bits per heavy atom. The van der Waals surface area contributed by atoms with Gasteiger partial charge in [-0.05, 0) is 0 Å². The normalized spacial score (nSPS) is 13.4. The predicted octanol–water partition coefficient (Wildman–Crippen LogP) is 2.30. The molecule has 0 saturated carbocycles. The van der Waals surface area contributed by atoms with Crippen molar-refractivity contribution in [3.8, 4) is 0 Å². The molecule has 0 aromatic carbocycles. The molecule has 0 radical (unpaired) electrons. The second kappa shape index (κ2) is 5.31. The molecule has 3 nitrogen and oxygen atoms in total. The fourth-order valence-corrected chi connectivity index (χ4v) is 19.4. The van der Waals surface area contributed by atoms with E-state index in [1.807, 2.05) is 13.8 Å². The van der Waals surface area contributed by atoms with Crippen molar-refractivity contribution in [2.45, 2.75) is 35.6 Å². The standard InChI is InChI=1S/2C3H7.HO3P.H2P.Sn/c2*1-3-2;1-4(2)3;;/h2*1,3H2,2H3;(H-,1,2,3);1H2;/q;;;-1;/p+1. The Morgan fingerprint density at radius 1 is 1.25 bits per heavy atom. The first-order valence-electron chi connectivity index (χ1n) is 4.22. The second-order valence-corrected chi connectivity index (χ2v) is 35.0. The Balaban J connectivity index is 4.50. The third kappa shape index (κ3) is 3.63. The van der Waals surface area contributed by atoms with Crippen LogP contribution in [0.4, 0.5) is 0 Å². The van der Waals surface area contributed by atoms with Crippen LogP contribution in [0.3, 0.4) is 0 Å². The Kier molecular flexibility index (Phi) is 5.92. The van der Waals surface area contributed by atoms with Crippen LogP contribution in [0.2, 0.25) is 8.87 Å². The molecule has 1 atom stereocenters. The van der Waals surface area contributed by atoms with Crippen LogP contribution in [0.1, 0.15) is 26.7 Å². The molecule has 0 aromatic heterocycles. The van der Waals surface area contributed by atoms with Crippen molar-refractivity contribution in [1.29, 1.82) is 0 Å². The summed E-state index contributed by atoms with van der Waals surface area (Å²) in [5.74, 6) is 0. The molecule has 2 N–H and O–H groups in total. The molecule has 0 saturated heterocycles. The summed E-state index contributed by atoms with van der Waals surface area (Å²) < 4.78 is 12.8. The van der Waals surface area contributed by atoms with Gasteiger partial charge in [-0.25, -0.2) is 0 Å². The molecule has 0 amide bonds. The minimum atomic E-state index is -3.75. The molecule has 0 fully saturated rings. The first kappa shape index (κ1) is 13.4. The summed E-state index contributed by atoms with van der Waals surface area (Å²) in [7, 11) is 0. The number of hydrogen-bond acceptors (Lipinski definition) is 1. The van der Waals surface area contributed by atoms with Crippen LogP contribution in [-0.2, 0) is 4.57 Å². The van der Waals surface area contributed by atoms with Gasteiger partial charge in [-0.1, -0.05) is 0 Å². The fourth-order valence-electron chi connectivity index (χ4n) is 1.28. The minimum absolute atomic E-state index is 0.775. The molecular weight excluding hydrogens is 301 g/mol. The molecule has 0 bridgehead atoms. The monoisotopic (exact) mass is 320 g/mol. The van der Waals surface area contributed by atoms with E-state index in [1.54, 1.807) is 0 Å². The Labute approximate surface area is 79.3 Å². The third-order valence-electron chi connectivity index (χ3n) is 1.95. The van der Waals surface area contributed by atoms with E-state index < -0.39 is 22.5 Å². The zero-order valence-corrected chi connectivity index (χ0v) is 12.6. The summed E-state index contributed by atoms with van der Waals surface area (Å²) >= 11 is -3.13. The van der Waals surface area contributed by atoms with E-state index in [-0.39, 0.29) is 0 Å². The van der Waals surface area contributed by atoms with Crippen LogP contribution in [0.15, 0.2) is 0 Å². The van der Waals surface area contributed by atoms with Gasteiger partial charge in [-0.15, -0.1) is 0 Å². The predicted molar refractivity (Wildman–Crippen MR) is 57.7 cm³/mol. The second-order valence-electron chi connectivity index (χ2n) is 3.15. The van der Waals surface area contributed by atoms with Crippen molar-refractivity contribution >= 4 is 29.4 Å². The fraction of sp³-hybridized carbons (Fsp3) is 1.00. The zero-order valence-electron chi connectivity index (χ0n) is 7.66. The van der Waals surface area contributed by atoms with Gasteiger partial charge in [0.15, 0.2) is 0 Å². The van der Waals surface area contributed by atoms with Gasteiger partial charge in [-0.3, -0.25) is 0 Å². The molecule has 6 heteroatoms. The van der Waals surface area contributed by atoms with Crippen LogP contribution >= 0.6 is 12.1 Å². The number of rotatable bonds is 5. The molecule has 0 heterocycles. The molecular formula is C6H18O3P2Sn. The van der Waals surface area contributed by atoms with E-state index in [0.717, 1.165) is 21.7 Å². The Hall–Kier alpha value is 1.38. The quantitative estimate of drug-likeness (QED) is 0.604. The van der Waals surface area contributed by atoms with Crippen molar-refractivity contribution < 1.29 is 14.4 Å². The topological polar surface area (TPSA) is 57.5 Å². The summed E-state index contributed by atoms with van der Waals surface area (Å²) in [6.45, 7) is 6.52. The van der Waals surface area contributed by atoms with Gasteiger partial charge >= 0.3 is 79.3 Å². The van der Waals surface area contributed by atoms with Crippen LogP contribution in [0, 0.1) is 0 Å². The summed E-state index contributed by atoms with van der Waals surface area (Å²) in [6, 6.07) is 0. The molecule has 1 unspecified atom stereocenters. The van der Waals surface area contributed by atoms with Gasteiger partial charge < -0.3 is 0 Å². The van der Waals surface area contributed by atoms with Crippen LogP contribution < -0.4 is 0 Å². The average molecular weight is 319 g/mol. The van der Waals surface area contributed by atoms with E-state index in [9.17, 15) is 14.4 Å². The molecule has 0 aliphatic rings. The maximum atomic E-state index is 11.2. The first-order chi connectivity index (χ1) is 5.37. The van der Waals surface area contributed by atoms with Crippen LogP contribution in [0.5, 0.6) is 0 Å². The molecule has 0 aliphatic carbocycles. The van der Waals surface area contributed by atoms with Gasteiger partial charge in [0.25, 0.3) is 0 Å². The zero-order chi connectivity index (χ0) is 9.83. The van der Waals surface area contributed by atoms with E-state index in [1.165, 1.54) is 0 Å². The first-order valence-corrected chi connectivity index (χ1v) is 19.2. The van der Waals surface area contributed by atoms with E-state index >= 15 is 0 Å². The van der Waals surface area contributed by atoms with E-state index in [4.69, 9.17) is 0 Å². The number of hydrogen-bond donors (Lipinski definition) is 2. The van der Waals surface area contributed by atoms with Crippen molar-refractivity contribution in [2.75, 3.05) is 0 Å². The van der Waals surface area contributed by atoms with Crippen molar-refractivity contribution in [2.24, 2.45) is 0 Å². The summed E-state index contributed by atoms with van der Waals surface area (Å²) in [5.41, 5.74) is 0. The molecule has 0 rings (SSSR count). The summed E-state index contributed by atoms with van der Waals surface area (Å²) in [5, 5.41) is -3.75. The molecule has 0 aromatic rings.